The van der Waals surface area contributed by atoms with Crippen LogP contribution < -0.4 is 10.6 Å². The fourth-order valence-electron chi connectivity index (χ4n) is 3.36. The first-order valence-electron chi connectivity index (χ1n) is 8.84. The Balaban J connectivity index is 2.24. The molecule has 0 aromatic heterocycles. The summed E-state index contributed by atoms with van der Waals surface area (Å²) in [5.74, 6) is -0.285. The van der Waals surface area contributed by atoms with Gasteiger partial charge < -0.3 is 20.5 Å². The Morgan fingerprint density at radius 3 is 2.54 bits per heavy atom. The van der Waals surface area contributed by atoms with Gasteiger partial charge in [0.1, 0.15) is 0 Å². The molecule has 0 unspecified atom stereocenters. The van der Waals surface area contributed by atoms with Crippen molar-refractivity contribution in [3.63, 3.8) is 0 Å². The third-order valence-electron chi connectivity index (χ3n) is 4.60. The molecule has 24 heavy (non-hydrogen) atoms. The lowest BCUT2D eigenvalue weighted by Crippen LogP contribution is -2.42. The van der Waals surface area contributed by atoms with E-state index in [0.717, 1.165) is 49.5 Å². The molecule has 2 rings (SSSR count). The Morgan fingerprint density at radius 2 is 2.00 bits per heavy atom. The van der Waals surface area contributed by atoms with E-state index in [1.165, 1.54) is 0 Å². The number of carboxylic acids is 1. The summed E-state index contributed by atoms with van der Waals surface area (Å²) in [6.45, 7) is 8.91. The lowest BCUT2D eigenvalue weighted by Gasteiger charge is -2.38. The number of aliphatic carboxylic acids is 1. The van der Waals surface area contributed by atoms with Crippen LogP contribution in [0, 0.1) is 5.92 Å². The maximum Gasteiger partial charge on any atom is 0.303 e. The molecule has 3 N–H and O–H groups in total. The van der Waals surface area contributed by atoms with Crippen LogP contribution in [-0.4, -0.2) is 36.9 Å². The van der Waals surface area contributed by atoms with E-state index >= 15 is 0 Å². The molecular weight excluding hydrogens is 304 g/mol. The molecule has 0 bridgehead atoms. The molecule has 1 aromatic rings. The van der Waals surface area contributed by atoms with Gasteiger partial charge in [0, 0.05) is 25.8 Å². The van der Waals surface area contributed by atoms with Crippen molar-refractivity contribution in [2.24, 2.45) is 5.92 Å². The predicted molar refractivity (Wildman–Crippen MR) is 97.5 cm³/mol. The van der Waals surface area contributed by atoms with Crippen LogP contribution in [0.5, 0.6) is 0 Å². The fraction of sp³-hybridized carbons (Fsp3) is 0.632. The summed E-state index contributed by atoms with van der Waals surface area (Å²) in [5.41, 5.74) is 9.13. The summed E-state index contributed by atoms with van der Waals surface area (Å²) in [7, 11) is 0. The fourth-order valence-corrected chi connectivity index (χ4v) is 3.36. The average molecular weight is 334 g/mol. The van der Waals surface area contributed by atoms with Gasteiger partial charge in [-0.2, -0.15) is 0 Å². The van der Waals surface area contributed by atoms with Crippen LogP contribution in [0.25, 0.3) is 0 Å². The van der Waals surface area contributed by atoms with Crippen LogP contribution in [0.1, 0.15) is 51.5 Å². The Labute approximate surface area is 144 Å². The third-order valence-corrected chi connectivity index (χ3v) is 4.60. The van der Waals surface area contributed by atoms with Gasteiger partial charge in [0.25, 0.3) is 0 Å². The van der Waals surface area contributed by atoms with E-state index < -0.39 is 5.97 Å². The van der Waals surface area contributed by atoms with Crippen molar-refractivity contribution >= 4 is 17.3 Å². The van der Waals surface area contributed by atoms with Crippen LogP contribution in [0.3, 0.4) is 0 Å². The van der Waals surface area contributed by atoms with Crippen molar-refractivity contribution < 1.29 is 14.6 Å². The number of carboxylic acid groups (broad SMARTS) is 1. The van der Waals surface area contributed by atoms with Crippen molar-refractivity contribution in [3.8, 4) is 0 Å². The highest BCUT2D eigenvalue weighted by Gasteiger charge is 2.24. The van der Waals surface area contributed by atoms with Crippen LogP contribution in [0.15, 0.2) is 18.2 Å². The van der Waals surface area contributed by atoms with E-state index in [1.807, 2.05) is 19.1 Å². The zero-order valence-electron chi connectivity index (χ0n) is 15.0. The van der Waals surface area contributed by atoms with Gasteiger partial charge in [-0.05, 0) is 42.4 Å². The lowest BCUT2D eigenvalue weighted by atomic mass is 9.96. The minimum atomic E-state index is -0.784. The number of nitrogens with zero attached hydrogens (tertiary/aromatic N) is 1. The second-order valence-corrected chi connectivity index (χ2v) is 7.21. The second kappa shape index (κ2) is 8.38. The normalized spacial score (nSPS) is 17.0. The van der Waals surface area contributed by atoms with Gasteiger partial charge in [-0.25, -0.2) is 0 Å². The number of nitrogens with two attached hydrogens (primary N) is 1. The molecule has 0 radical (unpaired) electrons. The number of hydrogen-bond acceptors (Lipinski definition) is 4. The van der Waals surface area contributed by atoms with Crippen molar-refractivity contribution in [3.05, 3.63) is 23.8 Å². The zero-order chi connectivity index (χ0) is 17.7. The molecule has 0 amide bonds. The van der Waals surface area contributed by atoms with Gasteiger partial charge in [-0.1, -0.05) is 26.8 Å². The molecule has 1 aliphatic rings. The molecule has 1 aromatic carbocycles. The number of anilines is 2. The summed E-state index contributed by atoms with van der Waals surface area (Å²) in [6, 6.07) is 6.47. The average Bonchev–Trinajstić information content (AvgIpc) is 2.53. The highest BCUT2D eigenvalue weighted by atomic mass is 16.5. The highest BCUT2D eigenvalue weighted by Crippen LogP contribution is 2.32. The Bertz CT molecular complexity index is 554. The highest BCUT2D eigenvalue weighted by molar-refractivity contribution is 5.71. The summed E-state index contributed by atoms with van der Waals surface area (Å²) < 4.78 is 5.49. The van der Waals surface area contributed by atoms with Crippen molar-refractivity contribution in [2.75, 3.05) is 30.4 Å². The first-order valence-corrected chi connectivity index (χ1v) is 8.84. The Morgan fingerprint density at radius 1 is 1.33 bits per heavy atom. The molecule has 134 valence electrons. The molecule has 0 spiro atoms. The number of hydrogen-bond donors (Lipinski definition) is 2. The number of ether oxygens (including phenoxy) is 1. The van der Waals surface area contributed by atoms with Gasteiger partial charge in [-0.3, -0.25) is 4.79 Å². The Hall–Kier alpha value is -1.75. The summed E-state index contributed by atoms with van der Waals surface area (Å²) in [6.07, 6.45) is 2.15. The van der Waals surface area contributed by atoms with E-state index in [1.54, 1.807) is 0 Å². The number of rotatable bonds is 7. The molecule has 1 saturated heterocycles. The van der Waals surface area contributed by atoms with Crippen LogP contribution >= 0.6 is 0 Å². The monoisotopic (exact) mass is 334 g/mol. The largest absolute Gasteiger partial charge is 0.481 e. The summed E-state index contributed by atoms with van der Waals surface area (Å²) in [5, 5.41) is 8.98. The number of nitrogen functional groups attached to an aromatic ring is 1. The molecule has 0 saturated carbocycles. The van der Waals surface area contributed by atoms with Gasteiger partial charge in [0.2, 0.25) is 0 Å². The van der Waals surface area contributed by atoms with Gasteiger partial charge in [0.05, 0.1) is 17.8 Å². The van der Waals surface area contributed by atoms with Crippen LogP contribution in [0.2, 0.25) is 0 Å². The lowest BCUT2D eigenvalue weighted by molar-refractivity contribution is -0.137. The molecule has 5 nitrogen and oxygen atoms in total. The maximum absolute atomic E-state index is 10.9. The number of carbonyl (C=O) groups is 1. The zero-order valence-corrected chi connectivity index (χ0v) is 15.0. The minimum Gasteiger partial charge on any atom is -0.481 e. The first kappa shape index (κ1) is 18.6. The molecular formula is C19H30N2O3. The maximum atomic E-state index is 10.9. The second-order valence-electron chi connectivity index (χ2n) is 7.21. The smallest absolute Gasteiger partial charge is 0.303 e. The van der Waals surface area contributed by atoms with E-state index in [4.69, 9.17) is 15.6 Å². The summed E-state index contributed by atoms with van der Waals surface area (Å²) in [4.78, 5) is 13.3. The summed E-state index contributed by atoms with van der Waals surface area (Å²) >= 11 is 0. The molecule has 0 aliphatic carbocycles. The SMILES string of the molecule is CC(C)CN(c1ccc([C@H](C)CC(=O)O)cc1N)C1CCOCC1. The Kier molecular flexibility index (Phi) is 6.49. The van der Waals surface area contributed by atoms with Crippen molar-refractivity contribution in [2.45, 2.75) is 52.0 Å². The third kappa shape index (κ3) is 4.87. The number of benzene rings is 1. The standard InChI is InChI=1S/C19H30N2O3/c1-13(2)12-21(16-6-8-24-9-7-16)18-5-4-15(11-17(18)20)14(3)10-19(22)23/h4-5,11,13-14,16H,6-10,12,20H2,1-3H3,(H,22,23)/t14-/m1/s1. The van der Waals surface area contributed by atoms with Crippen LogP contribution in [-0.2, 0) is 9.53 Å². The van der Waals surface area contributed by atoms with E-state index in [9.17, 15) is 4.79 Å². The van der Waals surface area contributed by atoms with Gasteiger partial charge in [-0.15, -0.1) is 0 Å². The minimum absolute atomic E-state index is 0.0412. The van der Waals surface area contributed by atoms with Crippen LogP contribution in [0.4, 0.5) is 11.4 Å². The van der Waals surface area contributed by atoms with E-state index in [0.29, 0.717) is 12.0 Å². The quantitative estimate of drug-likeness (QED) is 0.747. The molecule has 5 heteroatoms. The topological polar surface area (TPSA) is 75.8 Å². The molecule has 1 aliphatic heterocycles. The first-order chi connectivity index (χ1) is 11.4. The predicted octanol–water partition coefficient (Wildman–Crippen LogP) is 3.49. The van der Waals surface area contributed by atoms with E-state index in [-0.39, 0.29) is 12.3 Å². The molecule has 1 fully saturated rings. The molecule has 1 atom stereocenters. The van der Waals surface area contributed by atoms with E-state index in [2.05, 4.69) is 24.8 Å². The van der Waals surface area contributed by atoms with Gasteiger partial charge >= 0.3 is 5.97 Å². The molecule has 1 heterocycles. The van der Waals surface area contributed by atoms with Crippen molar-refractivity contribution in [1.82, 2.24) is 0 Å². The van der Waals surface area contributed by atoms with Gasteiger partial charge in [0.15, 0.2) is 0 Å². The van der Waals surface area contributed by atoms with Crippen molar-refractivity contribution in [1.29, 1.82) is 0 Å².